The van der Waals surface area contributed by atoms with Gasteiger partial charge in [0.1, 0.15) is 11.9 Å². The summed E-state index contributed by atoms with van der Waals surface area (Å²) < 4.78 is 18.6. The van der Waals surface area contributed by atoms with Crippen molar-refractivity contribution in [3.05, 3.63) is 64.8 Å². The average Bonchev–Trinajstić information content (AvgIpc) is 3.40. The summed E-state index contributed by atoms with van der Waals surface area (Å²) in [6.45, 7) is 0.865. The maximum absolute atomic E-state index is 6.05. The van der Waals surface area contributed by atoms with Crippen molar-refractivity contribution < 1.29 is 14.0 Å². The summed E-state index contributed by atoms with van der Waals surface area (Å²) in [7, 11) is 1.64. The van der Waals surface area contributed by atoms with Gasteiger partial charge in [-0.1, -0.05) is 46.2 Å². The van der Waals surface area contributed by atoms with Crippen LogP contribution in [0.15, 0.2) is 53.1 Å². The first kappa shape index (κ1) is 17.8. The molecule has 0 fully saturated rings. The van der Waals surface area contributed by atoms with Gasteiger partial charge in [0.15, 0.2) is 5.69 Å². The molecule has 0 saturated carbocycles. The van der Waals surface area contributed by atoms with E-state index >= 15 is 0 Å². The first-order valence-corrected chi connectivity index (χ1v) is 9.37. The Morgan fingerprint density at radius 2 is 2.07 bits per heavy atom. The lowest BCUT2D eigenvalue weighted by atomic mass is 10.1. The molecule has 3 heterocycles. The largest absolute Gasteiger partial charge is 0.497 e. The van der Waals surface area contributed by atoms with Crippen LogP contribution >= 0.6 is 11.6 Å². The van der Waals surface area contributed by atoms with Gasteiger partial charge in [-0.15, -0.1) is 5.10 Å². The van der Waals surface area contributed by atoms with Gasteiger partial charge in [-0.2, -0.15) is 4.98 Å². The molecule has 0 amide bonds. The van der Waals surface area contributed by atoms with E-state index in [2.05, 4.69) is 20.5 Å². The molecule has 0 N–H and O–H groups in total. The molecule has 1 unspecified atom stereocenters. The number of rotatable bonds is 4. The zero-order valence-electron chi connectivity index (χ0n) is 15.4. The molecule has 4 aromatic rings. The molecule has 0 radical (unpaired) electrons. The minimum absolute atomic E-state index is 0.142. The summed E-state index contributed by atoms with van der Waals surface area (Å²) in [4.78, 5) is 4.45. The number of hydrogen-bond donors (Lipinski definition) is 0. The molecule has 9 heteroatoms. The van der Waals surface area contributed by atoms with Crippen LogP contribution in [0.4, 0.5) is 0 Å². The van der Waals surface area contributed by atoms with E-state index in [0.717, 1.165) is 22.6 Å². The van der Waals surface area contributed by atoms with Crippen LogP contribution in [-0.2, 0) is 17.9 Å². The number of nitrogens with zero attached hydrogens (tertiary/aromatic N) is 5. The van der Waals surface area contributed by atoms with Gasteiger partial charge in [0.2, 0.25) is 5.82 Å². The SMILES string of the molecule is COc1cccc(C2Cn3nnc(-c4nc(-c5cccc(Cl)c5)no4)c3CO2)c1. The zero-order chi connectivity index (χ0) is 19.8. The van der Waals surface area contributed by atoms with E-state index in [0.29, 0.717) is 35.6 Å². The second-order valence-corrected chi connectivity index (χ2v) is 7.01. The Bertz CT molecular complexity index is 1170. The summed E-state index contributed by atoms with van der Waals surface area (Å²) >= 11 is 6.04. The van der Waals surface area contributed by atoms with E-state index in [1.807, 2.05) is 41.1 Å². The molecule has 0 bridgehead atoms. The Hall–Kier alpha value is -3.23. The van der Waals surface area contributed by atoms with Crippen LogP contribution < -0.4 is 4.74 Å². The van der Waals surface area contributed by atoms with Crippen molar-refractivity contribution in [2.45, 2.75) is 19.3 Å². The quantitative estimate of drug-likeness (QED) is 0.504. The van der Waals surface area contributed by atoms with Gasteiger partial charge in [-0.25, -0.2) is 4.68 Å². The Kier molecular flexibility index (Phi) is 4.49. The molecule has 0 spiro atoms. The third kappa shape index (κ3) is 3.37. The molecule has 0 aliphatic carbocycles. The molecule has 1 atom stereocenters. The van der Waals surface area contributed by atoms with Crippen LogP contribution in [0.2, 0.25) is 5.02 Å². The van der Waals surface area contributed by atoms with Crippen molar-refractivity contribution in [3.8, 4) is 28.7 Å². The lowest BCUT2D eigenvalue weighted by molar-refractivity contribution is -0.00127. The molecule has 1 aliphatic rings. The van der Waals surface area contributed by atoms with Gasteiger partial charge in [-0.3, -0.25) is 0 Å². The zero-order valence-corrected chi connectivity index (χ0v) is 16.2. The van der Waals surface area contributed by atoms with Crippen molar-refractivity contribution in [1.82, 2.24) is 25.1 Å². The number of fused-ring (bicyclic) bond motifs is 1. The van der Waals surface area contributed by atoms with E-state index in [1.54, 1.807) is 19.2 Å². The minimum atomic E-state index is -0.142. The second-order valence-electron chi connectivity index (χ2n) is 6.58. The van der Waals surface area contributed by atoms with Crippen molar-refractivity contribution in [2.24, 2.45) is 0 Å². The van der Waals surface area contributed by atoms with Crippen LogP contribution in [0.5, 0.6) is 5.75 Å². The molecule has 2 aromatic carbocycles. The number of halogens is 1. The number of hydrogen-bond acceptors (Lipinski definition) is 7. The highest BCUT2D eigenvalue weighted by molar-refractivity contribution is 6.30. The standard InChI is InChI=1S/C20H16ClN5O3/c1-27-15-7-3-4-12(9-15)17-10-26-16(11-28-17)18(23-25-26)20-22-19(24-29-20)13-5-2-6-14(21)8-13/h2-9,17H,10-11H2,1H3. The van der Waals surface area contributed by atoms with Crippen LogP contribution in [0, 0.1) is 0 Å². The third-order valence-electron chi connectivity index (χ3n) is 4.77. The van der Waals surface area contributed by atoms with Crippen molar-refractivity contribution in [3.63, 3.8) is 0 Å². The topological polar surface area (TPSA) is 88.1 Å². The number of benzene rings is 2. The molecule has 2 aromatic heterocycles. The van der Waals surface area contributed by atoms with Crippen molar-refractivity contribution in [2.75, 3.05) is 7.11 Å². The molecule has 29 heavy (non-hydrogen) atoms. The number of aromatic nitrogens is 5. The summed E-state index contributed by atoms with van der Waals surface area (Å²) in [5.41, 5.74) is 3.11. The monoisotopic (exact) mass is 409 g/mol. The fourth-order valence-corrected chi connectivity index (χ4v) is 3.48. The van der Waals surface area contributed by atoms with Crippen LogP contribution in [-0.4, -0.2) is 32.2 Å². The van der Waals surface area contributed by atoms with Crippen LogP contribution in [0.1, 0.15) is 17.4 Å². The second kappa shape index (κ2) is 7.31. The van der Waals surface area contributed by atoms with E-state index < -0.39 is 0 Å². The van der Waals surface area contributed by atoms with E-state index in [-0.39, 0.29) is 6.10 Å². The van der Waals surface area contributed by atoms with Crippen LogP contribution in [0.3, 0.4) is 0 Å². The average molecular weight is 410 g/mol. The molecular weight excluding hydrogens is 394 g/mol. The maximum Gasteiger partial charge on any atom is 0.280 e. The normalized spacial score (nSPS) is 15.9. The number of ether oxygens (including phenoxy) is 2. The predicted octanol–water partition coefficient (Wildman–Crippen LogP) is 3.93. The summed E-state index contributed by atoms with van der Waals surface area (Å²) in [6, 6.07) is 15.1. The summed E-state index contributed by atoms with van der Waals surface area (Å²) in [6.07, 6.45) is -0.142. The fraction of sp³-hybridized carbons (Fsp3) is 0.200. The van der Waals surface area contributed by atoms with Gasteiger partial charge in [0.25, 0.3) is 5.89 Å². The molecule has 8 nitrogen and oxygen atoms in total. The van der Waals surface area contributed by atoms with Gasteiger partial charge in [0.05, 0.1) is 26.0 Å². The first-order valence-electron chi connectivity index (χ1n) is 8.99. The van der Waals surface area contributed by atoms with E-state index in [9.17, 15) is 0 Å². The van der Waals surface area contributed by atoms with Crippen molar-refractivity contribution >= 4 is 11.6 Å². The molecule has 0 saturated heterocycles. The highest BCUT2D eigenvalue weighted by atomic mass is 35.5. The molecule has 5 rings (SSSR count). The van der Waals surface area contributed by atoms with Crippen LogP contribution in [0.25, 0.3) is 23.0 Å². The molecule has 1 aliphatic heterocycles. The molecule has 146 valence electrons. The van der Waals surface area contributed by atoms with Crippen molar-refractivity contribution in [1.29, 1.82) is 0 Å². The lowest BCUT2D eigenvalue weighted by Crippen LogP contribution is -2.22. The summed E-state index contributed by atoms with van der Waals surface area (Å²) in [5.74, 6) is 1.52. The number of methoxy groups -OCH3 is 1. The Morgan fingerprint density at radius 3 is 2.93 bits per heavy atom. The maximum atomic E-state index is 6.05. The van der Waals surface area contributed by atoms with Gasteiger partial charge < -0.3 is 14.0 Å². The third-order valence-corrected chi connectivity index (χ3v) is 5.01. The highest BCUT2D eigenvalue weighted by Crippen LogP contribution is 2.32. The molecular formula is C20H16ClN5O3. The van der Waals surface area contributed by atoms with E-state index in [4.69, 9.17) is 25.6 Å². The minimum Gasteiger partial charge on any atom is -0.497 e. The van der Waals surface area contributed by atoms with E-state index in [1.165, 1.54) is 0 Å². The van der Waals surface area contributed by atoms with Gasteiger partial charge in [0, 0.05) is 10.6 Å². The Morgan fingerprint density at radius 1 is 1.17 bits per heavy atom. The van der Waals surface area contributed by atoms with Gasteiger partial charge >= 0.3 is 0 Å². The summed E-state index contributed by atoms with van der Waals surface area (Å²) in [5, 5.41) is 13.1. The first-order chi connectivity index (χ1) is 14.2. The fourth-order valence-electron chi connectivity index (χ4n) is 3.29. The smallest absolute Gasteiger partial charge is 0.280 e. The Balaban J connectivity index is 1.41. The predicted molar refractivity (Wildman–Crippen MR) is 104 cm³/mol. The van der Waals surface area contributed by atoms with Gasteiger partial charge in [-0.05, 0) is 29.8 Å². The Labute approximate surface area is 171 Å². The lowest BCUT2D eigenvalue weighted by Gasteiger charge is -2.24. The highest BCUT2D eigenvalue weighted by Gasteiger charge is 2.28.